The van der Waals surface area contributed by atoms with Crippen LogP contribution >= 0.6 is 0 Å². The molecule has 0 saturated carbocycles. The quantitative estimate of drug-likeness (QED) is 0.105. The van der Waals surface area contributed by atoms with Crippen molar-refractivity contribution in [3.05, 3.63) is 120 Å². The highest BCUT2D eigenvalue weighted by molar-refractivity contribution is 5.17. The van der Waals surface area contributed by atoms with Gasteiger partial charge in [-0.2, -0.15) is 0 Å². The van der Waals surface area contributed by atoms with E-state index in [1.165, 1.54) is 81.0 Å². The standard InChI is InChI=1S/C34H46N/c1-2-3-4-5-6-7-8-9-10-11-21-28-35(29-32-22-15-12-16-23-32,30-33-24-17-13-18-25-33)31-34-26-19-14-20-27-34/h5-6,12-20,22-27H,2-4,7-11,21,28-31H2,1H3/q+1/b6-5+. The molecular weight excluding hydrogens is 422 g/mol. The molecule has 0 amide bonds. The molecule has 0 aromatic heterocycles. The Morgan fingerprint density at radius 3 is 1.34 bits per heavy atom. The molecular formula is C34H46N+. The van der Waals surface area contributed by atoms with Gasteiger partial charge in [0.2, 0.25) is 0 Å². The maximum absolute atomic E-state index is 2.40. The van der Waals surface area contributed by atoms with Crippen molar-refractivity contribution in [1.29, 1.82) is 0 Å². The number of quaternary nitrogens is 1. The van der Waals surface area contributed by atoms with Gasteiger partial charge in [-0.1, -0.05) is 136 Å². The first-order valence-corrected chi connectivity index (χ1v) is 13.9. The molecule has 1 nitrogen and oxygen atoms in total. The van der Waals surface area contributed by atoms with E-state index in [-0.39, 0.29) is 0 Å². The highest BCUT2D eigenvalue weighted by Gasteiger charge is 2.28. The van der Waals surface area contributed by atoms with Gasteiger partial charge < -0.3 is 4.48 Å². The van der Waals surface area contributed by atoms with Gasteiger partial charge in [-0.05, 0) is 32.1 Å². The summed E-state index contributed by atoms with van der Waals surface area (Å²) in [6, 6.07) is 33.3. The molecule has 0 aliphatic rings. The lowest BCUT2D eigenvalue weighted by atomic mass is 10.0. The molecule has 0 radical (unpaired) electrons. The Kier molecular flexibility index (Phi) is 12.4. The van der Waals surface area contributed by atoms with Crippen molar-refractivity contribution in [3.63, 3.8) is 0 Å². The number of hydrogen-bond acceptors (Lipinski definition) is 0. The first-order valence-electron chi connectivity index (χ1n) is 13.9. The van der Waals surface area contributed by atoms with Crippen LogP contribution in [0.15, 0.2) is 103 Å². The minimum Gasteiger partial charge on any atom is -0.312 e. The fourth-order valence-electron chi connectivity index (χ4n) is 5.11. The maximum atomic E-state index is 2.40. The van der Waals surface area contributed by atoms with Crippen molar-refractivity contribution in [2.24, 2.45) is 0 Å². The van der Waals surface area contributed by atoms with Crippen molar-refractivity contribution in [2.45, 2.75) is 84.3 Å². The van der Waals surface area contributed by atoms with Crippen LogP contribution in [0.1, 0.15) is 81.4 Å². The van der Waals surface area contributed by atoms with Crippen LogP contribution in [0.5, 0.6) is 0 Å². The zero-order valence-electron chi connectivity index (χ0n) is 22.0. The van der Waals surface area contributed by atoms with Crippen molar-refractivity contribution < 1.29 is 4.48 Å². The Hall–Kier alpha value is -2.64. The summed E-state index contributed by atoms with van der Waals surface area (Å²) < 4.78 is 1.08. The first-order chi connectivity index (χ1) is 17.3. The Morgan fingerprint density at radius 1 is 0.486 bits per heavy atom. The molecule has 0 aliphatic carbocycles. The Bertz CT molecular complexity index is 829. The molecule has 0 fully saturated rings. The van der Waals surface area contributed by atoms with Gasteiger partial charge in [0.15, 0.2) is 0 Å². The fraction of sp³-hybridized carbons (Fsp3) is 0.412. The number of nitrogens with zero attached hydrogens (tertiary/aromatic N) is 1. The second kappa shape index (κ2) is 16.1. The van der Waals surface area contributed by atoms with E-state index in [1.807, 2.05) is 0 Å². The molecule has 0 atom stereocenters. The van der Waals surface area contributed by atoms with Crippen molar-refractivity contribution in [2.75, 3.05) is 6.54 Å². The van der Waals surface area contributed by atoms with E-state index >= 15 is 0 Å². The first kappa shape index (κ1) is 27.0. The molecule has 0 N–H and O–H groups in total. The van der Waals surface area contributed by atoms with Crippen molar-refractivity contribution >= 4 is 0 Å². The summed E-state index contributed by atoms with van der Waals surface area (Å²) in [4.78, 5) is 0. The largest absolute Gasteiger partial charge is 0.312 e. The van der Waals surface area contributed by atoms with Gasteiger partial charge in [-0.3, -0.25) is 0 Å². The number of benzene rings is 3. The van der Waals surface area contributed by atoms with Crippen LogP contribution in [0.4, 0.5) is 0 Å². The number of rotatable bonds is 17. The second-order valence-corrected chi connectivity index (χ2v) is 10.2. The topological polar surface area (TPSA) is 0 Å². The Morgan fingerprint density at radius 2 is 0.886 bits per heavy atom. The average Bonchev–Trinajstić information content (AvgIpc) is 2.89. The van der Waals surface area contributed by atoms with Gasteiger partial charge >= 0.3 is 0 Å². The zero-order valence-corrected chi connectivity index (χ0v) is 22.0. The summed E-state index contributed by atoms with van der Waals surface area (Å²) in [7, 11) is 0. The summed E-state index contributed by atoms with van der Waals surface area (Å²) in [5.74, 6) is 0. The minimum absolute atomic E-state index is 1.08. The maximum Gasteiger partial charge on any atom is 0.105 e. The lowest BCUT2D eigenvalue weighted by molar-refractivity contribution is -0.966. The Labute approximate surface area is 215 Å². The third-order valence-electron chi connectivity index (χ3n) is 6.98. The van der Waals surface area contributed by atoms with Gasteiger partial charge in [-0.25, -0.2) is 0 Å². The molecule has 3 aromatic carbocycles. The van der Waals surface area contributed by atoms with E-state index in [1.54, 1.807) is 0 Å². The summed E-state index contributed by atoms with van der Waals surface area (Å²) in [6.45, 7) is 6.71. The van der Waals surface area contributed by atoms with Crippen molar-refractivity contribution in [1.82, 2.24) is 0 Å². The second-order valence-electron chi connectivity index (χ2n) is 10.2. The lowest BCUT2D eigenvalue weighted by Crippen LogP contribution is -2.46. The third kappa shape index (κ3) is 10.7. The van der Waals surface area contributed by atoms with Gasteiger partial charge in [0, 0.05) is 16.7 Å². The highest BCUT2D eigenvalue weighted by Crippen LogP contribution is 2.26. The van der Waals surface area contributed by atoms with E-state index < -0.39 is 0 Å². The average molecular weight is 469 g/mol. The number of unbranched alkanes of at least 4 members (excludes halogenated alkanes) is 7. The third-order valence-corrected chi connectivity index (χ3v) is 6.98. The van der Waals surface area contributed by atoms with E-state index in [2.05, 4.69) is 110 Å². The molecule has 0 bridgehead atoms. The van der Waals surface area contributed by atoms with E-state index in [9.17, 15) is 0 Å². The van der Waals surface area contributed by atoms with Crippen molar-refractivity contribution in [3.8, 4) is 0 Å². The smallest absolute Gasteiger partial charge is 0.105 e. The van der Waals surface area contributed by atoms with Gasteiger partial charge in [0.1, 0.15) is 19.6 Å². The number of hydrogen-bond donors (Lipinski definition) is 0. The van der Waals surface area contributed by atoms with Crippen LogP contribution in [-0.4, -0.2) is 11.0 Å². The monoisotopic (exact) mass is 468 g/mol. The van der Waals surface area contributed by atoms with Gasteiger partial charge in [0.25, 0.3) is 0 Å². The van der Waals surface area contributed by atoms with Crippen LogP contribution in [0.2, 0.25) is 0 Å². The van der Waals surface area contributed by atoms with Crippen LogP contribution in [0.3, 0.4) is 0 Å². The van der Waals surface area contributed by atoms with Crippen LogP contribution in [0, 0.1) is 0 Å². The molecule has 186 valence electrons. The minimum atomic E-state index is 1.08. The van der Waals surface area contributed by atoms with Crippen LogP contribution < -0.4 is 0 Å². The summed E-state index contributed by atoms with van der Waals surface area (Å²) >= 11 is 0. The fourth-order valence-corrected chi connectivity index (χ4v) is 5.11. The molecule has 3 rings (SSSR count). The highest BCUT2D eigenvalue weighted by atomic mass is 15.3. The van der Waals surface area contributed by atoms with Gasteiger partial charge in [0.05, 0.1) is 6.54 Å². The van der Waals surface area contributed by atoms with Gasteiger partial charge in [-0.15, -0.1) is 0 Å². The molecule has 0 spiro atoms. The lowest BCUT2D eigenvalue weighted by Gasteiger charge is -2.39. The molecule has 1 heteroatoms. The van der Waals surface area contributed by atoms with Crippen LogP contribution in [0.25, 0.3) is 0 Å². The molecule has 35 heavy (non-hydrogen) atoms. The summed E-state index contributed by atoms with van der Waals surface area (Å²) in [5, 5.41) is 0. The van der Waals surface area contributed by atoms with E-state index in [4.69, 9.17) is 0 Å². The number of allylic oxidation sites excluding steroid dienone is 2. The molecule has 0 unspecified atom stereocenters. The molecule has 0 saturated heterocycles. The predicted molar refractivity (Wildman–Crippen MR) is 152 cm³/mol. The molecule has 0 aliphatic heterocycles. The molecule has 0 heterocycles. The van der Waals surface area contributed by atoms with E-state index in [0.29, 0.717) is 0 Å². The normalized spacial score (nSPS) is 11.8. The Balaban J connectivity index is 1.63. The molecule has 3 aromatic rings. The summed E-state index contributed by atoms with van der Waals surface area (Å²) in [6.07, 6.45) is 16.6. The summed E-state index contributed by atoms with van der Waals surface area (Å²) in [5.41, 5.74) is 4.32. The predicted octanol–water partition coefficient (Wildman–Crippen LogP) is 9.49. The SMILES string of the molecule is CCCC/C=C/CCCCCCC[N+](Cc1ccccc1)(Cc1ccccc1)Cc1ccccc1. The van der Waals surface area contributed by atoms with E-state index in [0.717, 1.165) is 24.1 Å². The van der Waals surface area contributed by atoms with Crippen LogP contribution in [-0.2, 0) is 19.6 Å². The zero-order chi connectivity index (χ0) is 24.4.